The molecule has 0 aliphatic heterocycles. The maximum absolute atomic E-state index is 13.5. The fourth-order valence-electron chi connectivity index (χ4n) is 2.30. The topological polar surface area (TPSA) is 94.5 Å². The lowest BCUT2D eigenvalue weighted by molar-refractivity contribution is -0.143. The zero-order valence-electron chi connectivity index (χ0n) is 15.2. The maximum atomic E-state index is 13.5. The Morgan fingerprint density at radius 3 is 2.46 bits per heavy atom. The standard InChI is InChI=1S/C17H19F3N4O4/c1-3-28-15(25)13-10-22-24(14(13)17(18,19)20)12-6-4-11(5-7-12)23-16(26)21-8-9-27-2/h4-7,10H,3,8-9H2,1-2H3,(H2,21,23,26). The van der Waals surface area contributed by atoms with Crippen LogP contribution in [-0.2, 0) is 15.7 Å². The van der Waals surface area contributed by atoms with Crippen LogP contribution in [0.15, 0.2) is 30.5 Å². The third kappa shape index (κ3) is 5.22. The number of hydrogen-bond acceptors (Lipinski definition) is 5. The molecule has 1 heterocycles. The first-order chi connectivity index (χ1) is 13.3. The molecule has 2 N–H and O–H groups in total. The zero-order valence-corrected chi connectivity index (χ0v) is 15.2. The highest BCUT2D eigenvalue weighted by atomic mass is 19.4. The van der Waals surface area contributed by atoms with E-state index in [1.807, 2.05) is 0 Å². The number of carbonyl (C=O) groups excluding carboxylic acids is 2. The minimum absolute atomic E-state index is 0.0614. The molecule has 0 unspecified atom stereocenters. The Hall–Kier alpha value is -3.08. The van der Waals surface area contributed by atoms with Crippen LogP contribution >= 0.6 is 0 Å². The van der Waals surface area contributed by atoms with Gasteiger partial charge in [0.1, 0.15) is 5.56 Å². The van der Waals surface area contributed by atoms with Crippen LogP contribution in [0.5, 0.6) is 0 Å². The first kappa shape index (κ1) is 21.2. The van der Waals surface area contributed by atoms with Crippen molar-refractivity contribution in [2.45, 2.75) is 13.1 Å². The summed E-state index contributed by atoms with van der Waals surface area (Å²) in [7, 11) is 1.50. The molecule has 0 aliphatic carbocycles. The number of rotatable bonds is 7. The number of nitrogens with one attached hydrogen (secondary N) is 2. The number of urea groups is 1. The van der Waals surface area contributed by atoms with Crippen molar-refractivity contribution in [1.82, 2.24) is 15.1 Å². The van der Waals surface area contributed by atoms with Crippen molar-refractivity contribution >= 4 is 17.7 Å². The molecule has 2 aromatic rings. The summed E-state index contributed by atoms with van der Waals surface area (Å²) in [5.74, 6) is -1.10. The number of carbonyl (C=O) groups is 2. The molecule has 0 aliphatic rings. The molecular formula is C17H19F3N4O4. The Kier molecular flexibility index (Phi) is 6.99. The first-order valence-corrected chi connectivity index (χ1v) is 8.24. The molecule has 0 fully saturated rings. The van der Waals surface area contributed by atoms with E-state index in [0.29, 0.717) is 23.5 Å². The van der Waals surface area contributed by atoms with E-state index < -0.39 is 29.4 Å². The molecular weight excluding hydrogens is 381 g/mol. The molecule has 0 saturated heterocycles. The summed E-state index contributed by atoms with van der Waals surface area (Å²) in [6, 6.07) is 5.02. The van der Waals surface area contributed by atoms with Gasteiger partial charge in [-0.15, -0.1) is 0 Å². The molecule has 11 heteroatoms. The quantitative estimate of drug-likeness (QED) is 0.551. The number of ether oxygens (including phenoxy) is 2. The molecule has 0 spiro atoms. The summed E-state index contributed by atoms with van der Waals surface area (Å²) in [5, 5.41) is 8.75. The molecule has 8 nitrogen and oxygen atoms in total. The number of hydrogen-bond donors (Lipinski definition) is 2. The number of anilines is 1. The van der Waals surface area contributed by atoms with Gasteiger partial charge in [-0.1, -0.05) is 0 Å². The Morgan fingerprint density at radius 1 is 1.21 bits per heavy atom. The van der Waals surface area contributed by atoms with Crippen LogP contribution in [0.1, 0.15) is 23.0 Å². The second-order valence-corrected chi connectivity index (χ2v) is 5.46. The summed E-state index contributed by atoms with van der Waals surface area (Å²) >= 11 is 0. The normalized spacial score (nSPS) is 11.2. The van der Waals surface area contributed by atoms with Crippen molar-refractivity contribution in [2.24, 2.45) is 0 Å². The molecule has 2 rings (SSSR count). The lowest BCUT2D eigenvalue weighted by Crippen LogP contribution is -2.31. The lowest BCUT2D eigenvalue weighted by atomic mass is 10.2. The number of methoxy groups -OCH3 is 1. The van der Waals surface area contributed by atoms with Gasteiger partial charge >= 0.3 is 18.2 Å². The Bertz CT molecular complexity index is 819. The molecule has 0 radical (unpaired) electrons. The fraction of sp³-hybridized carbons (Fsp3) is 0.353. The van der Waals surface area contributed by atoms with Gasteiger partial charge in [0.2, 0.25) is 0 Å². The van der Waals surface area contributed by atoms with E-state index in [9.17, 15) is 22.8 Å². The number of aromatic nitrogens is 2. The van der Waals surface area contributed by atoms with Gasteiger partial charge in [-0.2, -0.15) is 18.3 Å². The van der Waals surface area contributed by atoms with Crippen LogP contribution in [0.4, 0.5) is 23.7 Å². The highest BCUT2D eigenvalue weighted by Crippen LogP contribution is 2.34. The summed E-state index contributed by atoms with van der Waals surface area (Å²) in [6.45, 7) is 2.08. The SMILES string of the molecule is CCOC(=O)c1cnn(-c2ccc(NC(=O)NCCOC)cc2)c1C(F)(F)F. The number of nitrogens with zero attached hydrogens (tertiary/aromatic N) is 2. The average molecular weight is 400 g/mol. The minimum Gasteiger partial charge on any atom is -0.462 e. The van der Waals surface area contributed by atoms with Crippen molar-refractivity contribution in [3.05, 3.63) is 41.7 Å². The molecule has 0 bridgehead atoms. The molecule has 28 heavy (non-hydrogen) atoms. The van der Waals surface area contributed by atoms with Crippen molar-refractivity contribution < 1.29 is 32.2 Å². The van der Waals surface area contributed by atoms with Gasteiger partial charge in [0, 0.05) is 19.3 Å². The monoisotopic (exact) mass is 400 g/mol. The van der Waals surface area contributed by atoms with Crippen LogP contribution < -0.4 is 10.6 Å². The molecule has 2 amide bonds. The second-order valence-electron chi connectivity index (χ2n) is 5.46. The van der Waals surface area contributed by atoms with Gasteiger partial charge in [-0.3, -0.25) is 0 Å². The Morgan fingerprint density at radius 2 is 1.89 bits per heavy atom. The number of amides is 2. The van der Waals surface area contributed by atoms with Crippen LogP contribution in [-0.4, -0.2) is 48.6 Å². The van der Waals surface area contributed by atoms with Gasteiger partial charge in [0.25, 0.3) is 0 Å². The number of benzene rings is 1. The molecule has 152 valence electrons. The number of esters is 1. The summed E-state index contributed by atoms with van der Waals surface area (Å²) in [4.78, 5) is 23.5. The van der Waals surface area contributed by atoms with Crippen LogP contribution in [0.3, 0.4) is 0 Å². The third-order valence-corrected chi connectivity index (χ3v) is 3.49. The van der Waals surface area contributed by atoms with Crippen molar-refractivity contribution in [3.63, 3.8) is 0 Å². The third-order valence-electron chi connectivity index (χ3n) is 3.49. The van der Waals surface area contributed by atoms with Crippen molar-refractivity contribution in [2.75, 3.05) is 32.2 Å². The fourth-order valence-corrected chi connectivity index (χ4v) is 2.30. The molecule has 0 atom stereocenters. The number of halogens is 3. The van der Waals surface area contributed by atoms with E-state index in [0.717, 1.165) is 6.20 Å². The van der Waals surface area contributed by atoms with Gasteiger partial charge < -0.3 is 20.1 Å². The van der Waals surface area contributed by atoms with E-state index in [4.69, 9.17) is 4.74 Å². The van der Waals surface area contributed by atoms with E-state index in [2.05, 4.69) is 20.5 Å². The van der Waals surface area contributed by atoms with Gasteiger partial charge in [0.05, 0.1) is 25.1 Å². The predicted molar refractivity (Wildman–Crippen MR) is 93.4 cm³/mol. The summed E-state index contributed by atoms with van der Waals surface area (Å²) in [5.41, 5.74) is -1.48. The van der Waals surface area contributed by atoms with Crippen molar-refractivity contribution in [1.29, 1.82) is 0 Å². The van der Waals surface area contributed by atoms with Gasteiger partial charge in [-0.25, -0.2) is 14.3 Å². The molecule has 1 aromatic carbocycles. The smallest absolute Gasteiger partial charge is 0.434 e. The predicted octanol–water partition coefficient (Wildman–Crippen LogP) is 2.84. The summed E-state index contributed by atoms with van der Waals surface area (Å²) in [6.07, 6.45) is -4.01. The van der Waals surface area contributed by atoms with Crippen LogP contribution in [0, 0.1) is 0 Å². The summed E-state index contributed by atoms with van der Waals surface area (Å²) < 4.78 is 50.5. The highest BCUT2D eigenvalue weighted by Gasteiger charge is 2.41. The zero-order chi connectivity index (χ0) is 20.7. The second kappa shape index (κ2) is 9.22. The van der Waals surface area contributed by atoms with Gasteiger partial charge in [0.15, 0.2) is 5.69 Å². The Labute approximate surface area is 158 Å². The molecule has 0 saturated carbocycles. The van der Waals surface area contributed by atoms with Gasteiger partial charge in [-0.05, 0) is 31.2 Å². The van der Waals surface area contributed by atoms with Crippen LogP contribution in [0.2, 0.25) is 0 Å². The van der Waals surface area contributed by atoms with E-state index in [1.165, 1.54) is 38.3 Å². The Balaban J connectivity index is 2.24. The van der Waals surface area contributed by atoms with E-state index in [1.54, 1.807) is 0 Å². The van der Waals surface area contributed by atoms with Crippen molar-refractivity contribution in [3.8, 4) is 5.69 Å². The lowest BCUT2D eigenvalue weighted by Gasteiger charge is -2.13. The largest absolute Gasteiger partial charge is 0.462 e. The van der Waals surface area contributed by atoms with E-state index in [-0.39, 0.29) is 12.3 Å². The van der Waals surface area contributed by atoms with Crippen LogP contribution in [0.25, 0.3) is 5.69 Å². The molecule has 1 aromatic heterocycles. The highest BCUT2D eigenvalue weighted by molar-refractivity contribution is 5.91. The minimum atomic E-state index is -4.82. The first-order valence-electron chi connectivity index (χ1n) is 8.24. The average Bonchev–Trinajstić information content (AvgIpc) is 3.08. The maximum Gasteiger partial charge on any atom is 0.434 e. The number of alkyl halides is 3. The van der Waals surface area contributed by atoms with E-state index >= 15 is 0 Å².